The molecule has 0 aliphatic heterocycles. The lowest BCUT2D eigenvalue weighted by Crippen LogP contribution is -2.18. The number of hydrogen-bond donors (Lipinski definition) is 0. The molecular formula is C6H10BO. The van der Waals surface area contributed by atoms with Gasteiger partial charge < -0.3 is 4.79 Å². The molecule has 0 aromatic carbocycles. The third kappa shape index (κ3) is 1.36. The van der Waals surface area contributed by atoms with E-state index >= 15 is 0 Å². The van der Waals surface area contributed by atoms with Crippen molar-refractivity contribution in [2.45, 2.75) is 32.0 Å². The highest BCUT2D eigenvalue weighted by Crippen LogP contribution is 2.30. The molecule has 2 heteroatoms. The maximum Gasteiger partial charge on any atom is 0.205 e. The van der Waals surface area contributed by atoms with E-state index < -0.39 is 0 Å². The van der Waals surface area contributed by atoms with Gasteiger partial charge in [-0.1, -0.05) is 25.1 Å². The van der Waals surface area contributed by atoms with E-state index in [4.69, 9.17) is 0 Å². The molecule has 1 rings (SSSR count). The van der Waals surface area contributed by atoms with Crippen LogP contribution in [0.2, 0.25) is 5.82 Å². The van der Waals surface area contributed by atoms with Crippen LogP contribution in [-0.4, -0.2) is 13.0 Å². The first kappa shape index (κ1) is 5.86. The fourth-order valence-corrected chi connectivity index (χ4v) is 0.938. The summed E-state index contributed by atoms with van der Waals surface area (Å²) in [5.74, 6) is 0.632. The second-order valence-corrected chi connectivity index (χ2v) is 2.47. The number of hydrogen-bond acceptors (Lipinski definition) is 1. The highest BCUT2D eigenvalue weighted by Gasteiger charge is 2.19. The Morgan fingerprint density at radius 3 is 2.38 bits per heavy atom. The lowest BCUT2D eigenvalue weighted by Gasteiger charge is -2.22. The standard InChI is InChI=1S/C6H10BO/c1-5(8)7-6-3-2-4-6/h6H,2-4H2,1H3. The molecule has 1 radical (unpaired) electrons. The average molecular weight is 109 g/mol. The van der Waals surface area contributed by atoms with Crippen LogP contribution in [0.4, 0.5) is 0 Å². The Hall–Kier alpha value is -0.265. The van der Waals surface area contributed by atoms with Gasteiger partial charge >= 0.3 is 0 Å². The third-order valence-corrected chi connectivity index (χ3v) is 1.62. The summed E-state index contributed by atoms with van der Waals surface area (Å²) in [4.78, 5) is 10.4. The Labute approximate surface area is 50.7 Å². The predicted octanol–water partition coefficient (Wildman–Crippen LogP) is 1.21. The molecule has 0 amide bonds. The van der Waals surface area contributed by atoms with Gasteiger partial charge in [0.2, 0.25) is 7.28 Å². The van der Waals surface area contributed by atoms with E-state index in [1.54, 1.807) is 6.92 Å². The molecule has 0 unspecified atom stereocenters. The summed E-state index contributed by atoms with van der Waals surface area (Å²) in [5, 5.41) is 0. The van der Waals surface area contributed by atoms with Crippen molar-refractivity contribution in [1.82, 2.24) is 0 Å². The van der Waals surface area contributed by atoms with E-state index in [2.05, 4.69) is 0 Å². The molecule has 1 aliphatic carbocycles. The van der Waals surface area contributed by atoms with Crippen LogP contribution in [0.5, 0.6) is 0 Å². The fourth-order valence-electron chi connectivity index (χ4n) is 0.938. The van der Waals surface area contributed by atoms with Crippen molar-refractivity contribution in [3.8, 4) is 0 Å². The van der Waals surface area contributed by atoms with E-state index in [1.165, 1.54) is 19.3 Å². The van der Waals surface area contributed by atoms with Crippen LogP contribution in [0.1, 0.15) is 26.2 Å². The zero-order valence-corrected chi connectivity index (χ0v) is 5.18. The van der Waals surface area contributed by atoms with Crippen molar-refractivity contribution < 1.29 is 4.79 Å². The Bertz CT molecular complexity index is 96.7. The summed E-state index contributed by atoms with van der Waals surface area (Å²) in [6.07, 6.45) is 3.79. The van der Waals surface area contributed by atoms with E-state index in [0.717, 1.165) is 0 Å². The summed E-state index contributed by atoms with van der Waals surface area (Å²) in [5.41, 5.74) is 0.231. The Morgan fingerprint density at radius 1 is 1.62 bits per heavy atom. The zero-order valence-electron chi connectivity index (χ0n) is 5.18. The molecule has 0 aromatic heterocycles. The molecular weight excluding hydrogens is 98.9 g/mol. The lowest BCUT2D eigenvalue weighted by atomic mass is 9.53. The molecule has 0 bridgehead atoms. The van der Waals surface area contributed by atoms with Crippen LogP contribution in [0.25, 0.3) is 0 Å². The molecule has 0 heterocycles. The molecule has 43 valence electrons. The summed E-state index contributed by atoms with van der Waals surface area (Å²) in [7, 11) is 1.84. The summed E-state index contributed by atoms with van der Waals surface area (Å²) in [6, 6.07) is 0. The van der Waals surface area contributed by atoms with E-state index in [9.17, 15) is 4.79 Å². The van der Waals surface area contributed by atoms with Crippen molar-refractivity contribution in [1.29, 1.82) is 0 Å². The maximum atomic E-state index is 10.4. The third-order valence-electron chi connectivity index (χ3n) is 1.62. The molecule has 1 nitrogen and oxygen atoms in total. The minimum atomic E-state index is 0.231. The Balaban J connectivity index is 2.09. The smallest absolute Gasteiger partial charge is 0.205 e. The van der Waals surface area contributed by atoms with Crippen LogP contribution < -0.4 is 0 Å². The molecule has 1 fully saturated rings. The molecule has 1 aliphatic rings. The van der Waals surface area contributed by atoms with Crippen LogP contribution in [0.15, 0.2) is 0 Å². The van der Waals surface area contributed by atoms with Gasteiger partial charge in [0.15, 0.2) is 0 Å². The highest BCUT2D eigenvalue weighted by molar-refractivity contribution is 6.74. The quantitative estimate of drug-likeness (QED) is 0.487. The van der Waals surface area contributed by atoms with Gasteiger partial charge in [0, 0.05) is 0 Å². The first-order valence-electron chi connectivity index (χ1n) is 3.14. The number of carbonyl (C=O) groups is 1. The van der Waals surface area contributed by atoms with Crippen LogP contribution in [0, 0.1) is 0 Å². The SMILES string of the molecule is CC(=O)[B]C1CCC1. The fraction of sp³-hybridized carbons (Fsp3) is 0.833. The largest absolute Gasteiger partial charge is 0.312 e. The zero-order chi connectivity index (χ0) is 5.98. The van der Waals surface area contributed by atoms with Crippen molar-refractivity contribution >= 4 is 13.0 Å². The lowest BCUT2D eigenvalue weighted by molar-refractivity contribution is -0.110. The number of rotatable bonds is 2. The maximum absolute atomic E-state index is 10.4. The van der Waals surface area contributed by atoms with Gasteiger partial charge in [-0.15, -0.1) is 0 Å². The van der Waals surface area contributed by atoms with Gasteiger partial charge in [-0.25, -0.2) is 0 Å². The minimum Gasteiger partial charge on any atom is -0.312 e. The van der Waals surface area contributed by atoms with E-state index in [0.29, 0.717) is 5.82 Å². The molecule has 1 saturated carbocycles. The van der Waals surface area contributed by atoms with Crippen molar-refractivity contribution in [3.05, 3.63) is 0 Å². The summed E-state index contributed by atoms with van der Waals surface area (Å²) < 4.78 is 0. The van der Waals surface area contributed by atoms with Gasteiger partial charge in [0.25, 0.3) is 0 Å². The van der Waals surface area contributed by atoms with Crippen molar-refractivity contribution in [2.75, 3.05) is 0 Å². The Kier molecular flexibility index (Phi) is 1.71. The summed E-state index contributed by atoms with van der Waals surface area (Å²) in [6.45, 7) is 1.62. The molecule has 0 saturated heterocycles. The van der Waals surface area contributed by atoms with Gasteiger partial charge in [-0.3, -0.25) is 0 Å². The molecule has 8 heavy (non-hydrogen) atoms. The first-order chi connectivity index (χ1) is 3.79. The average Bonchev–Trinajstić information content (AvgIpc) is 1.55. The minimum absolute atomic E-state index is 0.231. The highest BCUT2D eigenvalue weighted by atomic mass is 16.1. The first-order valence-corrected chi connectivity index (χ1v) is 3.14. The second-order valence-electron chi connectivity index (χ2n) is 2.47. The van der Waals surface area contributed by atoms with Crippen LogP contribution >= 0.6 is 0 Å². The monoisotopic (exact) mass is 109 g/mol. The van der Waals surface area contributed by atoms with Gasteiger partial charge in [-0.05, 0) is 6.92 Å². The Morgan fingerprint density at radius 2 is 2.25 bits per heavy atom. The summed E-state index contributed by atoms with van der Waals surface area (Å²) >= 11 is 0. The number of carbonyl (C=O) groups excluding carboxylic acids is 1. The molecule has 0 aromatic rings. The predicted molar refractivity (Wildman–Crippen MR) is 34.0 cm³/mol. The normalized spacial score (nSPS) is 19.6. The van der Waals surface area contributed by atoms with Crippen LogP contribution in [0.3, 0.4) is 0 Å². The van der Waals surface area contributed by atoms with Gasteiger partial charge in [0.05, 0.1) is 5.68 Å². The molecule has 0 spiro atoms. The van der Waals surface area contributed by atoms with Gasteiger partial charge in [-0.2, -0.15) is 0 Å². The van der Waals surface area contributed by atoms with E-state index in [1.807, 2.05) is 7.28 Å². The van der Waals surface area contributed by atoms with Gasteiger partial charge in [0.1, 0.15) is 0 Å². The molecule has 0 N–H and O–H groups in total. The topological polar surface area (TPSA) is 17.1 Å². The van der Waals surface area contributed by atoms with E-state index in [-0.39, 0.29) is 5.68 Å². The van der Waals surface area contributed by atoms with Crippen LogP contribution in [-0.2, 0) is 4.79 Å². The van der Waals surface area contributed by atoms with Crippen molar-refractivity contribution in [3.63, 3.8) is 0 Å². The molecule has 0 atom stereocenters. The van der Waals surface area contributed by atoms with Crippen molar-refractivity contribution in [2.24, 2.45) is 0 Å². The second kappa shape index (κ2) is 2.34.